The minimum Gasteiger partial charge on any atom is -0.380 e. The van der Waals surface area contributed by atoms with Gasteiger partial charge in [-0.05, 0) is 80.3 Å². The zero-order valence-corrected chi connectivity index (χ0v) is 20.3. The molecule has 0 amide bonds. The van der Waals surface area contributed by atoms with Gasteiger partial charge < -0.3 is 4.74 Å². The van der Waals surface area contributed by atoms with E-state index in [0.29, 0.717) is 6.61 Å². The molecule has 0 saturated heterocycles. The highest BCUT2D eigenvalue weighted by molar-refractivity contribution is 6.03. The van der Waals surface area contributed by atoms with Gasteiger partial charge in [-0.3, -0.25) is 0 Å². The van der Waals surface area contributed by atoms with Crippen LogP contribution in [-0.4, -0.2) is 7.11 Å². The summed E-state index contributed by atoms with van der Waals surface area (Å²) in [7, 11) is 1.75. The summed E-state index contributed by atoms with van der Waals surface area (Å²) >= 11 is 0. The standard InChI is InChI=1S/C31H34O/c1-20-15-27(22-9-7-21(8-10-22)19-32-6)25-11-12-26-24-13-14-30(2,3)17-23(24)18-31(4,5)29(26)28(25)16-20/h7-16H,17-19H2,1-6H3. The molecule has 0 aliphatic heterocycles. The predicted octanol–water partition coefficient (Wildman–Crippen LogP) is 8.38. The monoisotopic (exact) mass is 422 g/mol. The first kappa shape index (κ1) is 21.2. The molecule has 0 N–H and O–H groups in total. The van der Waals surface area contributed by atoms with Crippen LogP contribution in [0, 0.1) is 12.3 Å². The van der Waals surface area contributed by atoms with Crippen LogP contribution in [0.1, 0.15) is 62.8 Å². The summed E-state index contributed by atoms with van der Waals surface area (Å²) in [6, 6.07) is 18.3. The molecule has 0 atom stereocenters. The summed E-state index contributed by atoms with van der Waals surface area (Å²) in [6.45, 7) is 12.4. The van der Waals surface area contributed by atoms with Gasteiger partial charge >= 0.3 is 0 Å². The molecule has 3 aromatic carbocycles. The number of benzene rings is 3. The van der Waals surface area contributed by atoms with Gasteiger partial charge in [-0.1, -0.05) is 94.0 Å². The Bertz CT molecular complexity index is 1270. The minimum atomic E-state index is 0.113. The van der Waals surface area contributed by atoms with Gasteiger partial charge in [0.1, 0.15) is 0 Å². The third-order valence-electron chi connectivity index (χ3n) is 7.23. The number of fused-ring (bicyclic) bond motifs is 4. The maximum Gasteiger partial charge on any atom is 0.0713 e. The van der Waals surface area contributed by atoms with E-state index in [0.717, 1.165) is 12.8 Å². The lowest BCUT2D eigenvalue weighted by atomic mass is 9.64. The second kappa shape index (κ2) is 7.46. The molecule has 0 spiro atoms. The number of rotatable bonds is 3. The molecule has 0 fully saturated rings. The highest BCUT2D eigenvalue weighted by atomic mass is 16.5. The maximum atomic E-state index is 5.29. The fourth-order valence-electron chi connectivity index (χ4n) is 5.91. The van der Waals surface area contributed by atoms with E-state index in [9.17, 15) is 0 Å². The van der Waals surface area contributed by atoms with Gasteiger partial charge in [-0.15, -0.1) is 0 Å². The molecule has 164 valence electrons. The number of methoxy groups -OCH3 is 1. The van der Waals surface area contributed by atoms with Crippen LogP contribution in [0.5, 0.6) is 0 Å². The van der Waals surface area contributed by atoms with Crippen molar-refractivity contribution in [3.63, 3.8) is 0 Å². The fourth-order valence-corrected chi connectivity index (χ4v) is 5.91. The van der Waals surface area contributed by atoms with Crippen LogP contribution in [0.15, 0.2) is 66.3 Å². The molecule has 0 bridgehead atoms. The van der Waals surface area contributed by atoms with Crippen LogP contribution < -0.4 is 0 Å². The number of allylic oxidation sites excluding steroid dienone is 4. The van der Waals surface area contributed by atoms with E-state index in [1.54, 1.807) is 12.7 Å². The maximum absolute atomic E-state index is 5.29. The van der Waals surface area contributed by atoms with Crippen molar-refractivity contribution in [3.8, 4) is 11.1 Å². The lowest BCUT2D eigenvalue weighted by Crippen LogP contribution is -2.28. The smallest absolute Gasteiger partial charge is 0.0713 e. The Labute approximate surface area is 192 Å². The van der Waals surface area contributed by atoms with Crippen molar-refractivity contribution in [1.82, 2.24) is 0 Å². The highest BCUT2D eigenvalue weighted by Crippen LogP contribution is 2.51. The summed E-state index contributed by atoms with van der Waals surface area (Å²) in [4.78, 5) is 0. The topological polar surface area (TPSA) is 9.23 Å². The van der Waals surface area contributed by atoms with E-state index in [2.05, 4.69) is 95.3 Å². The molecule has 1 nitrogen and oxygen atoms in total. The minimum absolute atomic E-state index is 0.113. The van der Waals surface area contributed by atoms with Crippen molar-refractivity contribution < 1.29 is 4.74 Å². The van der Waals surface area contributed by atoms with Crippen LogP contribution in [0.4, 0.5) is 0 Å². The van der Waals surface area contributed by atoms with E-state index in [1.165, 1.54) is 49.7 Å². The van der Waals surface area contributed by atoms with E-state index >= 15 is 0 Å². The average Bonchev–Trinajstić information content (AvgIpc) is 2.72. The van der Waals surface area contributed by atoms with E-state index in [1.807, 2.05) is 0 Å². The van der Waals surface area contributed by atoms with E-state index in [-0.39, 0.29) is 10.8 Å². The average molecular weight is 423 g/mol. The van der Waals surface area contributed by atoms with Crippen molar-refractivity contribution in [2.24, 2.45) is 5.41 Å². The van der Waals surface area contributed by atoms with Crippen LogP contribution in [0.2, 0.25) is 0 Å². The lowest BCUT2D eigenvalue weighted by molar-refractivity contribution is 0.185. The fraction of sp³-hybridized carbons (Fsp3) is 0.355. The number of ether oxygens (including phenoxy) is 1. The van der Waals surface area contributed by atoms with E-state index in [4.69, 9.17) is 4.74 Å². The third kappa shape index (κ3) is 3.53. The lowest BCUT2D eigenvalue weighted by Gasteiger charge is -2.40. The normalized spacial score (nSPS) is 18.6. The summed E-state index contributed by atoms with van der Waals surface area (Å²) in [6.07, 6.45) is 7.09. The summed E-state index contributed by atoms with van der Waals surface area (Å²) in [5.41, 5.74) is 11.5. The summed E-state index contributed by atoms with van der Waals surface area (Å²) in [5.74, 6) is 0. The molecule has 5 rings (SSSR count). The van der Waals surface area contributed by atoms with Crippen LogP contribution >= 0.6 is 0 Å². The van der Waals surface area contributed by atoms with Gasteiger partial charge in [0.15, 0.2) is 0 Å². The Balaban J connectivity index is 1.73. The molecule has 0 unspecified atom stereocenters. The van der Waals surface area contributed by atoms with Crippen molar-refractivity contribution in [3.05, 3.63) is 88.5 Å². The highest BCUT2D eigenvalue weighted by Gasteiger charge is 2.36. The first-order valence-corrected chi connectivity index (χ1v) is 11.8. The molecule has 3 aromatic rings. The van der Waals surface area contributed by atoms with Gasteiger partial charge in [0.2, 0.25) is 0 Å². The van der Waals surface area contributed by atoms with Gasteiger partial charge in [-0.2, -0.15) is 0 Å². The zero-order chi connectivity index (χ0) is 22.7. The molecular formula is C31H34O. The number of hydrogen-bond donors (Lipinski definition) is 0. The van der Waals surface area contributed by atoms with Crippen molar-refractivity contribution in [2.75, 3.05) is 7.11 Å². The molecule has 2 aliphatic carbocycles. The van der Waals surface area contributed by atoms with Gasteiger partial charge in [0.05, 0.1) is 6.61 Å². The molecule has 0 saturated carbocycles. The van der Waals surface area contributed by atoms with Gasteiger partial charge in [0, 0.05) is 7.11 Å². The van der Waals surface area contributed by atoms with Crippen LogP contribution in [0.25, 0.3) is 27.5 Å². The first-order valence-electron chi connectivity index (χ1n) is 11.8. The molecule has 0 radical (unpaired) electrons. The largest absolute Gasteiger partial charge is 0.380 e. The van der Waals surface area contributed by atoms with Crippen molar-refractivity contribution >= 4 is 16.3 Å². The summed E-state index contributed by atoms with van der Waals surface area (Å²) < 4.78 is 5.29. The molecule has 32 heavy (non-hydrogen) atoms. The molecule has 0 heterocycles. The molecule has 1 heteroatoms. The molecular weight excluding hydrogens is 388 g/mol. The predicted molar refractivity (Wildman–Crippen MR) is 137 cm³/mol. The quantitative estimate of drug-likeness (QED) is 0.412. The van der Waals surface area contributed by atoms with Crippen LogP contribution in [-0.2, 0) is 16.8 Å². The Hall–Kier alpha value is -2.64. The third-order valence-corrected chi connectivity index (χ3v) is 7.23. The molecule has 0 aromatic heterocycles. The second-order valence-corrected chi connectivity index (χ2v) is 11.1. The first-order chi connectivity index (χ1) is 15.2. The Kier molecular flexibility index (Phi) is 4.94. The van der Waals surface area contributed by atoms with Crippen molar-refractivity contribution in [2.45, 2.75) is 59.5 Å². The van der Waals surface area contributed by atoms with E-state index < -0.39 is 0 Å². The zero-order valence-electron chi connectivity index (χ0n) is 20.3. The van der Waals surface area contributed by atoms with Crippen LogP contribution in [0.3, 0.4) is 0 Å². The Morgan fingerprint density at radius 1 is 0.844 bits per heavy atom. The number of hydrogen-bond acceptors (Lipinski definition) is 1. The van der Waals surface area contributed by atoms with Gasteiger partial charge in [-0.25, -0.2) is 0 Å². The Morgan fingerprint density at radius 2 is 1.59 bits per heavy atom. The second-order valence-electron chi connectivity index (χ2n) is 11.1. The van der Waals surface area contributed by atoms with Crippen molar-refractivity contribution in [1.29, 1.82) is 0 Å². The Morgan fingerprint density at radius 3 is 2.31 bits per heavy atom. The number of aryl methyl sites for hydroxylation is 1. The SMILES string of the molecule is COCc1ccc(-c2cc(C)cc3c4c(ccc23)C2=C(CC(C)(C)C=C2)CC4(C)C)cc1. The molecule has 2 aliphatic rings. The van der Waals surface area contributed by atoms with Gasteiger partial charge in [0.25, 0.3) is 0 Å². The summed E-state index contributed by atoms with van der Waals surface area (Å²) in [5, 5.41) is 2.76.